The van der Waals surface area contributed by atoms with Crippen LogP contribution >= 0.6 is 11.8 Å². The molecule has 34 heavy (non-hydrogen) atoms. The molecule has 7 heteroatoms. The summed E-state index contributed by atoms with van der Waals surface area (Å²) in [6, 6.07) is 16.1. The monoisotopic (exact) mass is 475 g/mol. The molecule has 1 aliphatic carbocycles. The summed E-state index contributed by atoms with van der Waals surface area (Å²) in [4.78, 5) is 28.9. The van der Waals surface area contributed by atoms with Crippen molar-refractivity contribution in [2.75, 3.05) is 11.9 Å². The number of hydrogen-bond donors (Lipinski definition) is 1. The first-order valence-electron chi connectivity index (χ1n) is 12.1. The lowest BCUT2D eigenvalue weighted by Gasteiger charge is -2.32. The van der Waals surface area contributed by atoms with E-state index in [4.69, 9.17) is 9.97 Å². The zero-order valence-electron chi connectivity index (χ0n) is 20.0. The van der Waals surface area contributed by atoms with Crippen molar-refractivity contribution in [2.45, 2.75) is 68.9 Å². The number of anilines is 1. The van der Waals surface area contributed by atoms with Gasteiger partial charge in [-0.3, -0.25) is 9.78 Å². The fourth-order valence-corrected chi connectivity index (χ4v) is 5.08. The Bertz CT molecular complexity index is 1090. The molecular formula is C27H33N5OS. The van der Waals surface area contributed by atoms with E-state index in [2.05, 4.69) is 35.2 Å². The molecule has 0 unspecified atom stereocenters. The molecule has 3 aromatic rings. The summed E-state index contributed by atoms with van der Waals surface area (Å²) >= 11 is 1.62. The van der Waals surface area contributed by atoms with Crippen molar-refractivity contribution >= 4 is 23.5 Å². The number of benzene rings is 1. The molecule has 4 rings (SSSR count). The second kappa shape index (κ2) is 12.0. The normalized spacial score (nSPS) is 14.1. The van der Waals surface area contributed by atoms with E-state index in [-0.39, 0.29) is 5.91 Å². The second-order valence-electron chi connectivity index (χ2n) is 8.75. The van der Waals surface area contributed by atoms with Gasteiger partial charge in [0.2, 0.25) is 0 Å². The van der Waals surface area contributed by atoms with Crippen molar-refractivity contribution in [1.82, 2.24) is 20.3 Å². The highest BCUT2D eigenvalue weighted by atomic mass is 32.2. The number of amides is 1. The SMILES string of the molecule is CCc1cc(N(C)C2CCCCC2)nc(SCc2cccc(C(=O)NCc3ccccn3)c2)n1. The van der Waals surface area contributed by atoms with Crippen molar-refractivity contribution in [3.05, 3.63) is 77.2 Å². The average Bonchev–Trinajstić information content (AvgIpc) is 2.91. The Morgan fingerprint density at radius 1 is 1.06 bits per heavy atom. The van der Waals surface area contributed by atoms with Gasteiger partial charge in [0.25, 0.3) is 5.91 Å². The predicted octanol–water partition coefficient (Wildman–Crippen LogP) is 5.43. The lowest BCUT2D eigenvalue weighted by Crippen LogP contribution is -2.34. The van der Waals surface area contributed by atoms with E-state index in [1.165, 1.54) is 32.1 Å². The van der Waals surface area contributed by atoms with Crippen LogP contribution in [-0.2, 0) is 18.7 Å². The van der Waals surface area contributed by atoms with Crippen molar-refractivity contribution < 1.29 is 4.79 Å². The van der Waals surface area contributed by atoms with Crippen LogP contribution in [0.5, 0.6) is 0 Å². The van der Waals surface area contributed by atoms with E-state index in [1.807, 2.05) is 42.5 Å². The van der Waals surface area contributed by atoms with Crippen LogP contribution in [0.2, 0.25) is 0 Å². The van der Waals surface area contributed by atoms with Crippen LogP contribution in [0, 0.1) is 0 Å². The molecule has 1 aliphatic rings. The fraction of sp³-hybridized carbons (Fsp3) is 0.407. The van der Waals surface area contributed by atoms with Gasteiger partial charge in [-0.15, -0.1) is 0 Å². The van der Waals surface area contributed by atoms with Gasteiger partial charge >= 0.3 is 0 Å². The highest BCUT2D eigenvalue weighted by Crippen LogP contribution is 2.28. The first kappa shape index (κ1) is 24.2. The zero-order valence-corrected chi connectivity index (χ0v) is 20.9. The molecule has 2 aromatic heterocycles. The summed E-state index contributed by atoms with van der Waals surface area (Å²) in [6.45, 7) is 2.54. The highest BCUT2D eigenvalue weighted by Gasteiger charge is 2.20. The maximum atomic E-state index is 12.6. The molecular weight excluding hydrogens is 442 g/mol. The maximum absolute atomic E-state index is 12.6. The molecule has 0 spiro atoms. The maximum Gasteiger partial charge on any atom is 0.251 e. The van der Waals surface area contributed by atoms with Crippen LogP contribution in [0.25, 0.3) is 0 Å². The van der Waals surface area contributed by atoms with Crippen LogP contribution in [0.3, 0.4) is 0 Å². The molecule has 0 radical (unpaired) electrons. The zero-order chi connectivity index (χ0) is 23.8. The topological polar surface area (TPSA) is 71.0 Å². The Morgan fingerprint density at radius 2 is 1.91 bits per heavy atom. The van der Waals surface area contributed by atoms with Crippen molar-refractivity contribution in [3.63, 3.8) is 0 Å². The minimum absolute atomic E-state index is 0.0990. The van der Waals surface area contributed by atoms with Crippen molar-refractivity contribution in [1.29, 1.82) is 0 Å². The Labute approximate surface area is 206 Å². The lowest BCUT2D eigenvalue weighted by atomic mass is 9.94. The third-order valence-corrected chi connectivity index (χ3v) is 7.22. The number of pyridine rings is 1. The van der Waals surface area contributed by atoms with Gasteiger partial charge in [-0.05, 0) is 49.1 Å². The fourth-order valence-electron chi connectivity index (χ4n) is 4.27. The summed E-state index contributed by atoms with van der Waals surface area (Å²) < 4.78 is 0. The van der Waals surface area contributed by atoms with Gasteiger partial charge in [0.1, 0.15) is 5.82 Å². The molecule has 0 bridgehead atoms. The van der Waals surface area contributed by atoms with E-state index >= 15 is 0 Å². The molecule has 2 heterocycles. The van der Waals surface area contributed by atoms with Gasteiger partial charge in [-0.1, -0.05) is 56.1 Å². The summed E-state index contributed by atoms with van der Waals surface area (Å²) in [5, 5.41) is 3.74. The molecule has 1 fully saturated rings. The standard InChI is InChI=1S/C27H33N5OS/c1-3-22-17-25(32(2)24-13-5-4-6-14-24)31-27(30-22)34-19-20-10-9-11-21(16-20)26(33)29-18-23-12-7-8-15-28-23/h7-12,15-17,24H,3-6,13-14,18-19H2,1-2H3,(H,29,33). The van der Waals surface area contributed by atoms with E-state index in [0.717, 1.165) is 34.3 Å². The first-order chi connectivity index (χ1) is 16.6. The van der Waals surface area contributed by atoms with Crippen molar-refractivity contribution in [3.8, 4) is 0 Å². The average molecular weight is 476 g/mol. The van der Waals surface area contributed by atoms with E-state index in [1.54, 1.807) is 18.0 Å². The Morgan fingerprint density at radius 3 is 2.68 bits per heavy atom. The number of carbonyl (C=O) groups excluding carboxylic acids is 1. The van der Waals surface area contributed by atoms with Gasteiger partial charge in [0, 0.05) is 42.4 Å². The number of rotatable bonds is 9. The molecule has 6 nitrogen and oxygen atoms in total. The molecule has 1 amide bonds. The third kappa shape index (κ3) is 6.56. The minimum atomic E-state index is -0.0990. The van der Waals surface area contributed by atoms with Crippen LogP contribution in [0.1, 0.15) is 66.3 Å². The van der Waals surface area contributed by atoms with E-state index in [9.17, 15) is 4.79 Å². The van der Waals surface area contributed by atoms with E-state index in [0.29, 0.717) is 23.9 Å². The number of thioether (sulfide) groups is 1. The van der Waals surface area contributed by atoms with Crippen LogP contribution in [0.4, 0.5) is 5.82 Å². The van der Waals surface area contributed by atoms with Crippen LogP contribution in [-0.4, -0.2) is 33.9 Å². The molecule has 0 atom stereocenters. The van der Waals surface area contributed by atoms with Crippen LogP contribution < -0.4 is 10.2 Å². The number of aromatic nitrogens is 3. The number of aryl methyl sites for hydroxylation is 1. The second-order valence-corrected chi connectivity index (χ2v) is 9.69. The van der Waals surface area contributed by atoms with Crippen LogP contribution in [0.15, 0.2) is 59.9 Å². The molecule has 1 saturated carbocycles. The molecule has 1 N–H and O–H groups in total. The van der Waals surface area contributed by atoms with Crippen molar-refractivity contribution in [2.24, 2.45) is 0 Å². The smallest absolute Gasteiger partial charge is 0.251 e. The first-order valence-corrected chi connectivity index (χ1v) is 13.1. The molecule has 178 valence electrons. The van der Waals surface area contributed by atoms with Gasteiger partial charge in [0.15, 0.2) is 5.16 Å². The van der Waals surface area contributed by atoms with Gasteiger partial charge in [-0.25, -0.2) is 9.97 Å². The summed E-state index contributed by atoms with van der Waals surface area (Å²) in [5.74, 6) is 1.63. The highest BCUT2D eigenvalue weighted by molar-refractivity contribution is 7.98. The van der Waals surface area contributed by atoms with Gasteiger partial charge in [0.05, 0.1) is 12.2 Å². The quantitative estimate of drug-likeness (QED) is 0.329. The number of carbonyl (C=O) groups is 1. The van der Waals surface area contributed by atoms with Gasteiger partial charge in [-0.2, -0.15) is 0 Å². The Hall–Kier alpha value is -2.93. The third-order valence-electron chi connectivity index (χ3n) is 6.30. The number of hydrogen-bond acceptors (Lipinski definition) is 6. The Kier molecular flexibility index (Phi) is 8.52. The van der Waals surface area contributed by atoms with E-state index < -0.39 is 0 Å². The lowest BCUT2D eigenvalue weighted by molar-refractivity contribution is 0.0950. The van der Waals surface area contributed by atoms with Gasteiger partial charge < -0.3 is 10.2 Å². The predicted molar refractivity (Wildman–Crippen MR) is 138 cm³/mol. The Balaban J connectivity index is 1.40. The number of nitrogens with zero attached hydrogens (tertiary/aromatic N) is 4. The molecule has 0 saturated heterocycles. The summed E-state index contributed by atoms with van der Waals surface area (Å²) in [5.41, 5.74) is 3.63. The minimum Gasteiger partial charge on any atom is -0.357 e. The summed E-state index contributed by atoms with van der Waals surface area (Å²) in [6.07, 6.45) is 9.03. The largest absolute Gasteiger partial charge is 0.357 e. The molecule has 0 aliphatic heterocycles. The summed E-state index contributed by atoms with van der Waals surface area (Å²) in [7, 11) is 2.17. The molecule has 1 aromatic carbocycles. The number of nitrogens with one attached hydrogen (secondary N) is 1.